The molecule has 0 amide bonds. The lowest BCUT2D eigenvalue weighted by atomic mass is 10.2. The highest BCUT2D eigenvalue weighted by atomic mass is 35.5. The SMILES string of the molecule is CCCN(CC(F)(F)F)S(=O)(=O)c1cc(N)c(Cl)cc1C. The average Bonchev–Trinajstić information content (AvgIpc) is 2.31. The number of benzene rings is 1. The first kappa shape index (κ1) is 18.1. The van der Waals surface area contributed by atoms with E-state index >= 15 is 0 Å². The van der Waals surface area contributed by atoms with E-state index in [0.29, 0.717) is 4.31 Å². The smallest absolute Gasteiger partial charge is 0.397 e. The zero-order chi connectivity index (χ0) is 16.4. The lowest BCUT2D eigenvalue weighted by Gasteiger charge is -2.24. The Bertz CT molecular complexity index is 618. The molecule has 0 bridgehead atoms. The van der Waals surface area contributed by atoms with Gasteiger partial charge in [-0.15, -0.1) is 0 Å². The van der Waals surface area contributed by atoms with E-state index in [1.54, 1.807) is 6.92 Å². The second-order valence-electron chi connectivity index (χ2n) is 4.59. The van der Waals surface area contributed by atoms with Gasteiger partial charge in [-0.3, -0.25) is 0 Å². The van der Waals surface area contributed by atoms with Gasteiger partial charge in [-0.05, 0) is 31.0 Å². The van der Waals surface area contributed by atoms with Gasteiger partial charge in [0.05, 0.1) is 15.6 Å². The summed E-state index contributed by atoms with van der Waals surface area (Å²) in [6, 6.07) is 2.41. The summed E-state index contributed by atoms with van der Waals surface area (Å²) in [5.41, 5.74) is 5.80. The van der Waals surface area contributed by atoms with Crippen molar-refractivity contribution in [3.05, 3.63) is 22.7 Å². The van der Waals surface area contributed by atoms with E-state index in [1.165, 1.54) is 13.0 Å². The lowest BCUT2D eigenvalue weighted by Crippen LogP contribution is -2.39. The van der Waals surface area contributed by atoms with Crippen LogP contribution in [0.2, 0.25) is 5.02 Å². The molecule has 0 spiro atoms. The van der Waals surface area contributed by atoms with E-state index < -0.39 is 22.7 Å². The van der Waals surface area contributed by atoms with Crippen molar-refractivity contribution in [1.82, 2.24) is 4.31 Å². The molecule has 0 saturated carbocycles. The van der Waals surface area contributed by atoms with Gasteiger partial charge in [0.15, 0.2) is 0 Å². The highest BCUT2D eigenvalue weighted by molar-refractivity contribution is 7.89. The van der Waals surface area contributed by atoms with Crippen molar-refractivity contribution in [2.75, 3.05) is 18.8 Å². The van der Waals surface area contributed by atoms with Crippen LogP contribution in [-0.2, 0) is 10.0 Å². The Morgan fingerprint density at radius 2 is 1.90 bits per heavy atom. The minimum atomic E-state index is -4.62. The van der Waals surface area contributed by atoms with Crippen LogP contribution in [0.15, 0.2) is 17.0 Å². The third-order valence-corrected chi connectivity index (χ3v) is 5.06. The van der Waals surface area contributed by atoms with E-state index in [-0.39, 0.29) is 34.1 Å². The average molecular weight is 345 g/mol. The summed E-state index contributed by atoms with van der Waals surface area (Å²) in [4.78, 5) is -0.262. The van der Waals surface area contributed by atoms with E-state index in [0.717, 1.165) is 6.07 Å². The Kier molecular flexibility index (Phi) is 5.51. The number of nitrogens with two attached hydrogens (primary N) is 1. The van der Waals surface area contributed by atoms with E-state index in [2.05, 4.69) is 0 Å². The third kappa shape index (κ3) is 4.49. The molecule has 1 rings (SSSR count). The van der Waals surface area contributed by atoms with E-state index in [4.69, 9.17) is 17.3 Å². The van der Waals surface area contributed by atoms with Crippen molar-refractivity contribution in [3.63, 3.8) is 0 Å². The van der Waals surface area contributed by atoms with Gasteiger partial charge < -0.3 is 5.73 Å². The van der Waals surface area contributed by atoms with Gasteiger partial charge in [0, 0.05) is 6.54 Å². The number of nitrogen functional groups attached to an aromatic ring is 1. The fourth-order valence-corrected chi connectivity index (χ4v) is 3.80. The molecule has 1 aromatic rings. The van der Waals surface area contributed by atoms with Crippen LogP contribution < -0.4 is 5.73 Å². The minimum absolute atomic E-state index is 0.00398. The van der Waals surface area contributed by atoms with Crippen molar-refractivity contribution in [3.8, 4) is 0 Å². The minimum Gasteiger partial charge on any atom is -0.397 e. The fourth-order valence-electron chi connectivity index (χ4n) is 1.82. The summed E-state index contributed by atoms with van der Waals surface area (Å²) >= 11 is 5.77. The molecule has 4 nitrogen and oxygen atoms in total. The Balaban J connectivity index is 3.32. The summed E-state index contributed by atoms with van der Waals surface area (Å²) in [5, 5.41) is 0.157. The molecule has 0 heterocycles. The molecule has 9 heteroatoms. The molecular weight excluding hydrogens is 329 g/mol. The summed E-state index contributed by atoms with van der Waals surface area (Å²) in [7, 11) is -4.29. The molecule has 0 fully saturated rings. The quantitative estimate of drug-likeness (QED) is 0.834. The summed E-state index contributed by atoms with van der Waals surface area (Å²) < 4.78 is 62.9. The van der Waals surface area contributed by atoms with Crippen LogP contribution in [0, 0.1) is 6.92 Å². The predicted octanol–water partition coefficient (Wildman–Crippen LogP) is 3.19. The molecule has 0 aliphatic rings. The molecule has 0 aliphatic heterocycles. The number of nitrogens with zero attached hydrogens (tertiary/aromatic N) is 1. The van der Waals surface area contributed by atoms with Gasteiger partial charge >= 0.3 is 6.18 Å². The van der Waals surface area contributed by atoms with Crippen molar-refractivity contribution >= 4 is 27.3 Å². The molecule has 0 atom stereocenters. The molecule has 0 saturated heterocycles. The maximum atomic E-state index is 12.6. The number of alkyl halides is 3. The van der Waals surface area contributed by atoms with Gasteiger partial charge in [-0.2, -0.15) is 17.5 Å². The fraction of sp³-hybridized carbons (Fsp3) is 0.500. The standard InChI is InChI=1S/C12H16ClF3N2O2S/c1-3-4-18(7-12(14,15)16)21(19,20)11-6-10(17)9(13)5-8(11)2/h5-6H,3-4,7,17H2,1-2H3. The molecular formula is C12H16ClF3N2O2S. The van der Waals surface area contributed by atoms with Gasteiger partial charge in [0.2, 0.25) is 10.0 Å². The molecule has 0 aliphatic carbocycles. The second-order valence-corrected chi connectivity index (χ2v) is 6.91. The van der Waals surface area contributed by atoms with Gasteiger partial charge in [-0.1, -0.05) is 18.5 Å². The zero-order valence-corrected chi connectivity index (χ0v) is 13.1. The summed E-state index contributed by atoms with van der Waals surface area (Å²) in [6.45, 7) is 1.28. The van der Waals surface area contributed by atoms with Crippen LogP contribution in [0.4, 0.5) is 18.9 Å². The third-order valence-electron chi connectivity index (χ3n) is 2.74. The van der Waals surface area contributed by atoms with Gasteiger partial charge in [-0.25, -0.2) is 8.42 Å². The molecule has 0 unspecified atom stereocenters. The van der Waals surface area contributed by atoms with Crippen molar-refractivity contribution in [2.45, 2.75) is 31.3 Å². The number of hydrogen-bond donors (Lipinski definition) is 1. The Hall–Kier alpha value is -0.990. The van der Waals surface area contributed by atoms with Crippen molar-refractivity contribution < 1.29 is 21.6 Å². The molecule has 2 N–H and O–H groups in total. The largest absolute Gasteiger partial charge is 0.402 e. The Labute approximate surface area is 126 Å². The Morgan fingerprint density at radius 1 is 1.33 bits per heavy atom. The topological polar surface area (TPSA) is 63.4 Å². The van der Waals surface area contributed by atoms with Crippen LogP contribution in [-0.4, -0.2) is 32.0 Å². The molecule has 0 radical (unpaired) electrons. The normalized spacial score (nSPS) is 12.9. The van der Waals surface area contributed by atoms with Crippen LogP contribution in [0.25, 0.3) is 0 Å². The Morgan fingerprint density at radius 3 is 2.38 bits per heavy atom. The van der Waals surface area contributed by atoms with Gasteiger partial charge in [0.1, 0.15) is 6.54 Å². The number of aryl methyl sites for hydroxylation is 1. The first-order valence-electron chi connectivity index (χ1n) is 6.11. The number of sulfonamides is 1. The highest BCUT2D eigenvalue weighted by Crippen LogP contribution is 2.29. The predicted molar refractivity (Wildman–Crippen MR) is 75.7 cm³/mol. The molecule has 1 aromatic carbocycles. The molecule has 0 aromatic heterocycles. The molecule has 21 heavy (non-hydrogen) atoms. The number of halogens is 4. The van der Waals surface area contributed by atoms with E-state index in [1.807, 2.05) is 0 Å². The lowest BCUT2D eigenvalue weighted by molar-refractivity contribution is -0.136. The maximum absolute atomic E-state index is 12.6. The number of hydrogen-bond acceptors (Lipinski definition) is 3. The number of anilines is 1. The monoisotopic (exact) mass is 344 g/mol. The summed E-state index contributed by atoms with van der Waals surface area (Å²) in [6.07, 6.45) is -4.36. The first-order chi connectivity index (χ1) is 9.49. The summed E-state index contributed by atoms with van der Waals surface area (Å²) in [5.74, 6) is 0. The first-order valence-corrected chi connectivity index (χ1v) is 7.93. The maximum Gasteiger partial charge on any atom is 0.402 e. The van der Waals surface area contributed by atoms with Gasteiger partial charge in [0.25, 0.3) is 0 Å². The number of rotatable bonds is 5. The molecule has 120 valence electrons. The van der Waals surface area contributed by atoms with Crippen LogP contribution in [0.5, 0.6) is 0 Å². The second kappa shape index (κ2) is 6.41. The van der Waals surface area contributed by atoms with Crippen LogP contribution in [0.1, 0.15) is 18.9 Å². The van der Waals surface area contributed by atoms with Crippen LogP contribution in [0.3, 0.4) is 0 Å². The van der Waals surface area contributed by atoms with E-state index in [9.17, 15) is 21.6 Å². The van der Waals surface area contributed by atoms with Crippen LogP contribution >= 0.6 is 11.6 Å². The highest BCUT2D eigenvalue weighted by Gasteiger charge is 2.37. The van der Waals surface area contributed by atoms with Crippen molar-refractivity contribution in [2.24, 2.45) is 0 Å². The van der Waals surface area contributed by atoms with Crippen molar-refractivity contribution in [1.29, 1.82) is 0 Å². The zero-order valence-electron chi connectivity index (χ0n) is 11.5.